The van der Waals surface area contributed by atoms with Crippen molar-refractivity contribution < 1.29 is 19.1 Å². The fourth-order valence-corrected chi connectivity index (χ4v) is 2.19. The van der Waals surface area contributed by atoms with Gasteiger partial charge in [-0.15, -0.1) is 0 Å². The molecule has 0 amide bonds. The summed E-state index contributed by atoms with van der Waals surface area (Å²) in [6.07, 6.45) is 1.73. The van der Waals surface area contributed by atoms with Crippen LogP contribution in [0, 0.1) is 0 Å². The summed E-state index contributed by atoms with van der Waals surface area (Å²) in [5, 5.41) is 0. The van der Waals surface area contributed by atoms with Crippen molar-refractivity contribution in [2.24, 2.45) is 0 Å². The Balaban J connectivity index is 1.97. The van der Waals surface area contributed by atoms with Crippen LogP contribution in [0.25, 0.3) is 6.08 Å². The van der Waals surface area contributed by atoms with Crippen molar-refractivity contribution in [3.05, 3.63) is 76.9 Å². The molecular formula is C22H24O4. The Hall–Kier alpha value is -2.88. The van der Waals surface area contributed by atoms with Crippen molar-refractivity contribution in [2.75, 3.05) is 0 Å². The lowest BCUT2D eigenvalue weighted by Crippen LogP contribution is -2.24. The molecule has 0 atom stereocenters. The second-order valence-corrected chi connectivity index (χ2v) is 7.01. The third kappa shape index (κ3) is 6.20. The monoisotopic (exact) mass is 352 g/mol. The van der Waals surface area contributed by atoms with Crippen LogP contribution in [0.1, 0.15) is 49.2 Å². The molecule has 0 fully saturated rings. The van der Waals surface area contributed by atoms with Gasteiger partial charge in [-0.3, -0.25) is 0 Å². The van der Waals surface area contributed by atoms with E-state index in [1.807, 2.05) is 51.1 Å². The molecule has 0 N–H and O–H groups in total. The van der Waals surface area contributed by atoms with E-state index in [9.17, 15) is 9.59 Å². The predicted molar refractivity (Wildman–Crippen MR) is 101 cm³/mol. The summed E-state index contributed by atoms with van der Waals surface area (Å²) in [5.74, 6) is -0.739. The molecule has 26 heavy (non-hydrogen) atoms. The molecule has 0 heterocycles. The standard InChI is InChI=1S/C22H24O4/c1-16(20(23)26-22(2,3)4)14-17-10-12-19(13-11-17)21(24)25-15-18-8-6-5-7-9-18/h5-14H,15H2,1-4H3. The Labute approximate surface area is 154 Å². The van der Waals surface area contributed by atoms with E-state index in [-0.39, 0.29) is 18.5 Å². The first kappa shape index (κ1) is 19.4. The fraction of sp³-hybridized carbons (Fsp3) is 0.273. The van der Waals surface area contributed by atoms with Gasteiger partial charge in [-0.2, -0.15) is 0 Å². The van der Waals surface area contributed by atoms with Gasteiger partial charge in [0.05, 0.1) is 5.56 Å². The summed E-state index contributed by atoms with van der Waals surface area (Å²) < 4.78 is 10.6. The zero-order valence-electron chi connectivity index (χ0n) is 15.6. The summed E-state index contributed by atoms with van der Waals surface area (Å²) >= 11 is 0. The van der Waals surface area contributed by atoms with Gasteiger partial charge < -0.3 is 9.47 Å². The average Bonchev–Trinajstić information content (AvgIpc) is 2.59. The molecule has 2 aromatic rings. The third-order valence-corrected chi connectivity index (χ3v) is 3.46. The molecule has 0 radical (unpaired) electrons. The van der Waals surface area contributed by atoms with E-state index in [2.05, 4.69) is 0 Å². The van der Waals surface area contributed by atoms with Crippen molar-refractivity contribution in [3.63, 3.8) is 0 Å². The van der Waals surface area contributed by atoms with E-state index in [1.54, 1.807) is 37.3 Å². The Morgan fingerprint density at radius 2 is 1.58 bits per heavy atom. The zero-order valence-corrected chi connectivity index (χ0v) is 15.6. The van der Waals surface area contributed by atoms with E-state index < -0.39 is 5.60 Å². The Morgan fingerprint density at radius 1 is 0.962 bits per heavy atom. The number of esters is 2. The Kier molecular flexibility index (Phi) is 6.34. The van der Waals surface area contributed by atoms with Crippen molar-refractivity contribution >= 4 is 18.0 Å². The maximum atomic E-state index is 12.1. The van der Waals surface area contributed by atoms with Crippen molar-refractivity contribution in [3.8, 4) is 0 Å². The van der Waals surface area contributed by atoms with E-state index >= 15 is 0 Å². The Morgan fingerprint density at radius 3 is 2.15 bits per heavy atom. The van der Waals surface area contributed by atoms with Gasteiger partial charge in [0.2, 0.25) is 0 Å². The molecule has 0 aliphatic rings. The molecule has 0 saturated carbocycles. The number of benzene rings is 2. The highest BCUT2D eigenvalue weighted by Gasteiger charge is 2.17. The highest BCUT2D eigenvalue weighted by molar-refractivity contribution is 5.93. The van der Waals surface area contributed by atoms with E-state index in [0.29, 0.717) is 11.1 Å². The molecule has 0 unspecified atom stereocenters. The molecule has 2 rings (SSSR count). The second-order valence-electron chi connectivity index (χ2n) is 7.01. The smallest absolute Gasteiger partial charge is 0.338 e. The van der Waals surface area contributed by atoms with Gasteiger partial charge in [0.1, 0.15) is 12.2 Å². The number of hydrogen-bond donors (Lipinski definition) is 0. The summed E-state index contributed by atoms with van der Waals surface area (Å²) in [6.45, 7) is 7.42. The van der Waals surface area contributed by atoms with Gasteiger partial charge in [0, 0.05) is 5.57 Å². The third-order valence-electron chi connectivity index (χ3n) is 3.46. The highest BCUT2D eigenvalue weighted by atomic mass is 16.6. The topological polar surface area (TPSA) is 52.6 Å². The SMILES string of the molecule is CC(=Cc1ccc(C(=O)OCc2ccccc2)cc1)C(=O)OC(C)(C)C. The van der Waals surface area contributed by atoms with Gasteiger partial charge in [-0.25, -0.2) is 9.59 Å². The lowest BCUT2D eigenvalue weighted by molar-refractivity contribution is -0.149. The van der Waals surface area contributed by atoms with Crippen LogP contribution in [-0.4, -0.2) is 17.5 Å². The molecule has 0 bridgehead atoms. The first-order valence-electron chi connectivity index (χ1n) is 8.47. The number of carbonyl (C=O) groups excluding carboxylic acids is 2. The fourth-order valence-electron chi connectivity index (χ4n) is 2.19. The second kappa shape index (κ2) is 8.48. The molecule has 0 saturated heterocycles. The lowest BCUT2D eigenvalue weighted by atomic mass is 10.1. The van der Waals surface area contributed by atoms with Crippen LogP contribution < -0.4 is 0 Å². The normalized spacial score (nSPS) is 11.8. The first-order chi connectivity index (χ1) is 12.2. The van der Waals surface area contributed by atoms with Crippen molar-refractivity contribution in [1.29, 1.82) is 0 Å². The minimum atomic E-state index is -0.529. The van der Waals surface area contributed by atoms with Crippen LogP contribution in [0.5, 0.6) is 0 Å². The highest BCUT2D eigenvalue weighted by Crippen LogP contribution is 2.15. The lowest BCUT2D eigenvalue weighted by Gasteiger charge is -2.19. The average molecular weight is 352 g/mol. The zero-order chi connectivity index (χ0) is 19.2. The number of ether oxygens (including phenoxy) is 2. The summed E-state index contributed by atoms with van der Waals surface area (Å²) in [6, 6.07) is 16.4. The van der Waals surface area contributed by atoms with E-state index in [0.717, 1.165) is 11.1 Å². The van der Waals surface area contributed by atoms with Gasteiger partial charge >= 0.3 is 11.9 Å². The van der Waals surface area contributed by atoms with Gasteiger partial charge in [0.25, 0.3) is 0 Å². The van der Waals surface area contributed by atoms with Crippen molar-refractivity contribution in [1.82, 2.24) is 0 Å². The minimum Gasteiger partial charge on any atom is -0.457 e. The van der Waals surface area contributed by atoms with Crippen LogP contribution >= 0.6 is 0 Å². The first-order valence-corrected chi connectivity index (χ1v) is 8.47. The molecule has 136 valence electrons. The maximum Gasteiger partial charge on any atom is 0.338 e. The summed E-state index contributed by atoms with van der Waals surface area (Å²) in [5.41, 5.74) is 2.19. The van der Waals surface area contributed by atoms with Gasteiger partial charge in [0.15, 0.2) is 0 Å². The van der Waals surface area contributed by atoms with Crippen LogP contribution in [0.15, 0.2) is 60.2 Å². The molecule has 0 aliphatic heterocycles. The quantitative estimate of drug-likeness (QED) is 0.573. The predicted octanol–water partition coefficient (Wildman–Crippen LogP) is 4.79. The Bertz CT molecular complexity index is 781. The van der Waals surface area contributed by atoms with Crippen LogP contribution in [0.3, 0.4) is 0 Å². The summed E-state index contributed by atoms with van der Waals surface area (Å²) in [4.78, 5) is 24.1. The van der Waals surface area contributed by atoms with E-state index in [4.69, 9.17) is 9.47 Å². The molecular weight excluding hydrogens is 328 g/mol. The molecule has 0 aliphatic carbocycles. The molecule has 0 aromatic heterocycles. The number of rotatable bonds is 5. The molecule has 4 nitrogen and oxygen atoms in total. The molecule has 2 aromatic carbocycles. The van der Waals surface area contributed by atoms with Gasteiger partial charge in [-0.1, -0.05) is 42.5 Å². The summed E-state index contributed by atoms with van der Waals surface area (Å²) in [7, 11) is 0. The van der Waals surface area contributed by atoms with Gasteiger partial charge in [-0.05, 0) is 57.0 Å². The van der Waals surface area contributed by atoms with Crippen LogP contribution in [0.2, 0.25) is 0 Å². The molecule has 0 spiro atoms. The van der Waals surface area contributed by atoms with E-state index in [1.165, 1.54) is 0 Å². The molecule has 4 heteroatoms. The maximum absolute atomic E-state index is 12.1. The number of hydrogen-bond acceptors (Lipinski definition) is 4. The van der Waals surface area contributed by atoms with Crippen molar-refractivity contribution in [2.45, 2.75) is 39.9 Å². The number of carbonyl (C=O) groups is 2. The minimum absolute atomic E-state index is 0.235. The van der Waals surface area contributed by atoms with Crippen LogP contribution in [-0.2, 0) is 20.9 Å². The van der Waals surface area contributed by atoms with Crippen LogP contribution in [0.4, 0.5) is 0 Å². The largest absolute Gasteiger partial charge is 0.457 e.